The summed E-state index contributed by atoms with van der Waals surface area (Å²) in [4.78, 5) is 22.9. The summed E-state index contributed by atoms with van der Waals surface area (Å²) in [6, 6.07) is 18.3. The third-order valence-electron chi connectivity index (χ3n) is 4.24. The molecule has 0 heterocycles. The minimum Gasteiger partial charge on any atom is -0.481 e. The fourth-order valence-electron chi connectivity index (χ4n) is 2.93. The molecule has 2 N–H and O–H groups in total. The summed E-state index contributed by atoms with van der Waals surface area (Å²) >= 11 is 0. The molecule has 2 aromatic rings. The average molecular weight is 326 g/mol. The summed E-state index contributed by atoms with van der Waals surface area (Å²) in [6.45, 7) is 0. The molecule has 0 saturated heterocycles. The molecule has 24 heavy (non-hydrogen) atoms. The number of hydrogen-bond acceptors (Lipinski definition) is 2. The van der Waals surface area contributed by atoms with E-state index in [0.717, 1.165) is 11.1 Å². The van der Waals surface area contributed by atoms with Gasteiger partial charge in [0.2, 0.25) is 0 Å². The van der Waals surface area contributed by atoms with Crippen LogP contribution in [0.3, 0.4) is 0 Å². The number of hydrogen-bond donors (Lipinski definition) is 2. The molecule has 0 aliphatic heterocycles. The van der Waals surface area contributed by atoms with Gasteiger partial charge in [0.1, 0.15) is 0 Å². The van der Waals surface area contributed by atoms with Crippen LogP contribution in [0.5, 0.6) is 0 Å². The van der Waals surface area contributed by atoms with Gasteiger partial charge in [0.25, 0.3) is 0 Å². The summed E-state index contributed by atoms with van der Waals surface area (Å²) in [7, 11) is 0. The van der Waals surface area contributed by atoms with E-state index < -0.39 is 23.8 Å². The molecule has 4 nitrogen and oxygen atoms in total. The van der Waals surface area contributed by atoms with Crippen LogP contribution in [0.15, 0.2) is 60.7 Å². The number of unbranched alkanes of at least 4 members (excludes halogenated alkanes) is 1. The van der Waals surface area contributed by atoms with E-state index in [1.807, 2.05) is 60.7 Å². The standard InChI is InChI=1S/C20H22O4/c21-19(22)17(15-9-3-1-4-10-15)13-7-8-14-18(20(23)24)16-11-5-2-6-12-16/h1-6,9-12,17-18H,7-8,13-14H2,(H,21,22)(H,23,24). The van der Waals surface area contributed by atoms with Gasteiger partial charge >= 0.3 is 11.9 Å². The van der Waals surface area contributed by atoms with E-state index in [1.54, 1.807) is 0 Å². The molecular weight excluding hydrogens is 304 g/mol. The van der Waals surface area contributed by atoms with E-state index >= 15 is 0 Å². The smallest absolute Gasteiger partial charge is 0.310 e. The number of benzene rings is 2. The lowest BCUT2D eigenvalue weighted by Crippen LogP contribution is -2.13. The van der Waals surface area contributed by atoms with Crippen molar-refractivity contribution in [3.05, 3.63) is 71.8 Å². The highest BCUT2D eigenvalue weighted by molar-refractivity contribution is 5.76. The SMILES string of the molecule is O=C(O)C(CCCCC(C(=O)O)c1ccccc1)c1ccccc1. The predicted octanol–water partition coefficient (Wildman–Crippen LogP) is 4.28. The van der Waals surface area contributed by atoms with Gasteiger partial charge in [-0.2, -0.15) is 0 Å². The Balaban J connectivity index is 1.90. The Bertz CT molecular complexity index is 592. The van der Waals surface area contributed by atoms with E-state index in [1.165, 1.54) is 0 Å². The average Bonchev–Trinajstić information content (AvgIpc) is 2.59. The van der Waals surface area contributed by atoms with E-state index in [-0.39, 0.29) is 0 Å². The maximum absolute atomic E-state index is 11.5. The van der Waals surface area contributed by atoms with E-state index in [2.05, 4.69) is 0 Å². The Morgan fingerprint density at radius 2 is 1.00 bits per heavy atom. The Morgan fingerprint density at radius 3 is 1.29 bits per heavy atom. The van der Waals surface area contributed by atoms with Gasteiger partial charge in [-0.3, -0.25) is 9.59 Å². The number of aliphatic carboxylic acids is 2. The summed E-state index contributed by atoms with van der Waals surface area (Å²) in [5.41, 5.74) is 1.59. The molecule has 0 fully saturated rings. The topological polar surface area (TPSA) is 74.6 Å². The maximum atomic E-state index is 11.5. The first-order chi connectivity index (χ1) is 11.6. The molecule has 0 aliphatic rings. The van der Waals surface area contributed by atoms with Crippen molar-refractivity contribution in [2.24, 2.45) is 0 Å². The lowest BCUT2D eigenvalue weighted by Gasteiger charge is -2.15. The van der Waals surface area contributed by atoms with Crippen LogP contribution in [0.25, 0.3) is 0 Å². The van der Waals surface area contributed by atoms with Crippen LogP contribution in [0, 0.1) is 0 Å². The molecule has 0 aromatic heterocycles. The van der Waals surface area contributed by atoms with Crippen molar-refractivity contribution >= 4 is 11.9 Å². The van der Waals surface area contributed by atoms with Gasteiger partial charge in [0.05, 0.1) is 11.8 Å². The van der Waals surface area contributed by atoms with Crippen LogP contribution in [0.4, 0.5) is 0 Å². The molecule has 0 radical (unpaired) electrons. The maximum Gasteiger partial charge on any atom is 0.310 e. The van der Waals surface area contributed by atoms with Crippen molar-refractivity contribution in [2.45, 2.75) is 37.5 Å². The van der Waals surface area contributed by atoms with Crippen molar-refractivity contribution in [2.75, 3.05) is 0 Å². The van der Waals surface area contributed by atoms with Crippen LogP contribution in [-0.2, 0) is 9.59 Å². The molecule has 126 valence electrons. The molecule has 2 atom stereocenters. The summed E-state index contributed by atoms with van der Waals surface area (Å²) in [6.07, 6.45) is 2.39. The Labute approximate surface area is 141 Å². The summed E-state index contributed by atoms with van der Waals surface area (Å²) in [5, 5.41) is 18.8. The second kappa shape index (κ2) is 8.87. The first-order valence-electron chi connectivity index (χ1n) is 8.15. The van der Waals surface area contributed by atoms with Crippen molar-refractivity contribution in [1.82, 2.24) is 0 Å². The first-order valence-corrected chi connectivity index (χ1v) is 8.15. The number of carbonyl (C=O) groups is 2. The van der Waals surface area contributed by atoms with Crippen molar-refractivity contribution in [3.8, 4) is 0 Å². The minimum absolute atomic E-state index is 0.514. The molecule has 4 heteroatoms. The zero-order valence-electron chi connectivity index (χ0n) is 13.5. The number of carboxylic acids is 2. The van der Waals surface area contributed by atoms with Gasteiger partial charge in [-0.25, -0.2) is 0 Å². The van der Waals surface area contributed by atoms with Gasteiger partial charge in [-0.15, -0.1) is 0 Å². The molecule has 0 spiro atoms. The second-order valence-electron chi connectivity index (χ2n) is 5.89. The second-order valence-corrected chi connectivity index (χ2v) is 5.89. The quantitative estimate of drug-likeness (QED) is 0.674. The number of rotatable bonds is 9. The van der Waals surface area contributed by atoms with Gasteiger partial charge in [-0.1, -0.05) is 73.5 Å². The first kappa shape index (κ1) is 17.7. The zero-order chi connectivity index (χ0) is 17.4. The summed E-state index contributed by atoms with van der Waals surface area (Å²) in [5.74, 6) is -2.74. The zero-order valence-corrected chi connectivity index (χ0v) is 13.5. The van der Waals surface area contributed by atoms with Crippen molar-refractivity contribution < 1.29 is 19.8 Å². The van der Waals surface area contributed by atoms with Gasteiger partial charge in [0.15, 0.2) is 0 Å². The third kappa shape index (κ3) is 4.95. The van der Waals surface area contributed by atoms with Gasteiger partial charge < -0.3 is 10.2 Å². The van der Waals surface area contributed by atoms with Crippen molar-refractivity contribution in [1.29, 1.82) is 0 Å². The van der Waals surface area contributed by atoms with Crippen molar-refractivity contribution in [3.63, 3.8) is 0 Å². The monoisotopic (exact) mass is 326 g/mol. The Kier molecular flexibility index (Phi) is 6.55. The molecular formula is C20H22O4. The largest absolute Gasteiger partial charge is 0.481 e. The molecule has 2 rings (SSSR count). The lowest BCUT2D eigenvalue weighted by atomic mass is 9.90. The van der Waals surface area contributed by atoms with E-state index in [4.69, 9.17) is 0 Å². The highest BCUT2D eigenvalue weighted by Gasteiger charge is 2.21. The fraction of sp³-hybridized carbons (Fsp3) is 0.300. The predicted molar refractivity (Wildman–Crippen MR) is 92.1 cm³/mol. The van der Waals surface area contributed by atoms with E-state index in [9.17, 15) is 19.8 Å². The van der Waals surface area contributed by atoms with Gasteiger partial charge in [0, 0.05) is 0 Å². The molecule has 0 bridgehead atoms. The Morgan fingerprint density at radius 1 is 0.667 bits per heavy atom. The minimum atomic E-state index is -0.834. The summed E-state index contributed by atoms with van der Waals surface area (Å²) < 4.78 is 0. The van der Waals surface area contributed by atoms with Crippen LogP contribution in [0.2, 0.25) is 0 Å². The highest BCUT2D eigenvalue weighted by Crippen LogP contribution is 2.26. The molecule has 2 unspecified atom stereocenters. The lowest BCUT2D eigenvalue weighted by molar-refractivity contribution is -0.140. The molecule has 2 aromatic carbocycles. The van der Waals surface area contributed by atoms with Crippen LogP contribution < -0.4 is 0 Å². The van der Waals surface area contributed by atoms with Crippen LogP contribution >= 0.6 is 0 Å². The molecule has 0 amide bonds. The Hall–Kier alpha value is -2.62. The normalized spacial score (nSPS) is 13.2. The van der Waals surface area contributed by atoms with E-state index in [0.29, 0.717) is 25.7 Å². The molecule has 0 aliphatic carbocycles. The molecule has 0 saturated carbocycles. The van der Waals surface area contributed by atoms with Crippen LogP contribution in [-0.4, -0.2) is 22.2 Å². The van der Waals surface area contributed by atoms with Crippen LogP contribution in [0.1, 0.15) is 48.6 Å². The fourth-order valence-corrected chi connectivity index (χ4v) is 2.93. The van der Waals surface area contributed by atoms with Gasteiger partial charge in [-0.05, 0) is 24.0 Å². The third-order valence-corrected chi connectivity index (χ3v) is 4.24. The number of carboxylic acid groups (broad SMARTS) is 2. The highest BCUT2D eigenvalue weighted by atomic mass is 16.4.